The highest BCUT2D eigenvalue weighted by atomic mass is 35.5. The monoisotopic (exact) mass is 128 g/mol. The van der Waals surface area contributed by atoms with Crippen molar-refractivity contribution in [2.45, 2.75) is 13.8 Å². The van der Waals surface area contributed by atoms with Crippen molar-refractivity contribution in [3.63, 3.8) is 0 Å². The Balaban J connectivity index is -0.00000000500. The maximum absolute atomic E-state index is 4.00. The third-order valence-corrected chi connectivity index (χ3v) is 0. The molecule has 0 aromatic heterocycles. The summed E-state index contributed by atoms with van der Waals surface area (Å²) in [6.07, 6.45) is 8.00. The minimum absolute atomic E-state index is 0. The fraction of sp³-hybridized carbons (Fsp3) is 0.500. The van der Waals surface area contributed by atoms with Gasteiger partial charge in [0.15, 0.2) is 0 Å². The van der Waals surface area contributed by atoms with E-state index in [0.29, 0.717) is 0 Å². The van der Waals surface area contributed by atoms with Crippen LogP contribution in [0.2, 0.25) is 0 Å². The highest BCUT2D eigenvalue weighted by Crippen LogP contribution is 1.14. The van der Waals surface area contributed by atoms with Crippen molar-refractivity contribution in [1.29, 1.82) is 0 Å². The lowest BCUT2D eigenvalue weighted by Gasteiger charge is -1.07. The molecular formula is C4H10Cl2. The highest BCUT2D eigenvalue weighted by Gasteiger charge is 0.932. The lowest BCUT2D eigenvalue weighted by Crippen LogP contribution is -0.856. The fourth-order valence-corrected chi connectivity index (χ4v) is 0. The zero-order valence-corrected chi connectivity index (χ0v) is 5.60. The number of hydrogen-bond donors (Lipinski definition) is 0. The topological polar surface area (TPSA) is 0 Å². The van der Waals surface area contributed by atoms with Crippen molar-refractivity contribution < 1.29 is 0 Å². The summed E-state index contributed by atoms with van der Waals surface area (Å²) in [4.78, 5) is 0. The third kappa shape index (κ3) is 2080. The Morgan fingerprint density at radius 3 is 0.833 bits per heavy atom. The summed E-state index contributed by atoms with van der Waals surface area (Å²) in [5.41, 5.74) is 0. The fourth-order valence-electron chi connectivity index (χ4n) is 0. The van der Waals surface area contributed by atoms with E-state index in [1.807, 2.05) is 13.8 Å². The predicted molar refractivity (Wildman–Crippen MR) is 35.7 cm³/mol. The van der Waals surface area contributed by atoms with Crippen LogP contribution in [0.1, 0.15) is 13.8 Å². The van der Waals surface area contributed by atoms with Crippen LogP contribution in [-0.2, 0) is 0 Å². The molecule has 40 valence electrons. The molecule has 6 heavy (non-hydrogen) atoms. The van der Waals surface area contributed by atoms with Gasteiger partial charge in [0.25, 0.3) is 0 Å². The molecule has 0 N–H and O–H groups in total. The van der Waals surface area contributed by atoms with Gasteiger partial charge in [-0.2, -0.15) is 0 Å². The molecule has 0 atom stereocenters. The van der Waals surface area contributed by atoms with Crippen LogP contribution in [0.4, 0.5) is 0 Å². The first-order valence-electron chi connectivity index (χ1n) is 1.33. The van der Waals surface area contributed by atoms with E-state index in [0.717, 1.165) is 0 Å². The second-order valence-electron chi connectivity index (χ2n) is 0. The molecule has 0 aromatic rings. The first-order chi connectivity index (χ1) is 2.00. The van der Waals surface area contributed by atoms with Gasteiger partial charge in [-0.25, -0.2) is 0 Å². The van der Waals surface area contributed by atoms with Gasteiger partial charge in [-0.05, 0) is 0 Å². The minimum atomic E-state index is 0. The molecular weight excluding hydrogens is 119 g/mol. The molecule has 0 nitrogen and oxygen atoms in total. The molecule has 0 aliphatic carbocycles. The first-order valence-corrected chi connectivity index (χ1v) is 1.33. The van der Waals surface area contributed by atoms with Crippen molar-refractivity contribution in [2.75, 3.05) is 0 Å². The normalized spacial score (nSPS) is 1.33. The minimum Gasteiger partial charge on any atom is -0.147 e. The summed E-state index contributed by atoms with van der Waals surface area (Å²) in [5, 5.41) is 0. The number of hydrogen-bond acceptors (Lipinski definition) is 0. The lowest BCUT2D eigenvalue weighted by molar-refractivity contribution is 1.50. The second-order valence-corrected chi connectivity index (χ2v) is 0. The Labute approximate surface area is 52.1 Å². The van der Waals surface area contributed by atoms with Crippen molar-refractivity contribution >= 4 is 24.8 Å². The standard InChI is InChI=1S/C2H6.C2H2.2ClH/c2*1-2;;/h1-2H3;1-2H;2*1H. The van der Waals surface area contributed by atoms with Gasteiger partial charge in [-0.3, -0.25) is 0 Å². The summed E-state index contributed by atoms with van der Waals surface area (Å²) in [6.45, 7) is 4.00. The Morgan fingerprint density at radius 1 is 0.833 bits per heavy atom. The van der Waals surface area contributed by atoms with Crippen LogP contribution in [0.5, 0.6) is 0 Å². The van der Waals surface area contributed by atoms with Gasteiger partial charge in [-0.1, -0.05) is 13.8 Å². The second kappa shape index (κ2) is 4490. The van der Waals surface area contributed by atoms with E-state index in [4.69, 9.17) is 0 Å². The van der Waals surface area contributed by atoms with Gasteiger partial charge in [0.1, 0.15) is 0 Å². The maximum atomic E-state index is 4.00. The number of rotatable bonds is 0. The van der Waals surface area contributed by atoms with E-state index in [1.165, 1.54) is 0 Å². The molecule has 0 aliphatic heterocycles. The number of terminal acetylenes is 1. The molecule has 0 amide bonds. The van der Waals surface area contributed by atoms with Crippen LogP contribution < -0.4 is 0 Å². The maximum Gasteiger partial charge on any atom is -0.0683 e. The van der Waals surface area contributed by atoms with Crippen LogP contribution >= 0.6 is 24.8 Å². The summed E-state index contributed by atoms with van der Waals surface area (Å²) >= 11 is 0. The van der Waals surface area contributed by atoms with Crippen LogP contribution in [-0.4, -0.2) is 0 Å². The van der Waals surface area contributed by atoms with Crippen molar-refractivity contribution in [1.82, 2.24) is 0 Å². The van der Waals surface area contributed by atoms with Crippen LogP contribution in [0.3, 0.4) is 0 Å². The molecule has 2 heteroatoms. The van der Waals surface area contributed by atoms with Gasteiger partial charge < -0.3 is 0 Å². The third-order valence-electron chi connectivity index (χ3n) is 0. The van der Waals surface area contributed by atoms with Gasteiger partial charge >= 0.3 is 0 Å². The zero-order chi connectivity index (χ0) is 4.00. The summed E-state index contributed by atoms with van der Waals surface area (Å²) in [5.74, 6) is 0. The van der Waals surface area contributed by atoms with E-state index in [9.17, 15) is 0 Å². The van der Waals surface area contributed by atoms with E-state index >= 15 is 0 Å². The summed E-state index contributed by atoms with van der Waals surface area (Å²) in [7, 11) is 0. The number of halogens is 2. The Kier molecular flexibility index (Phi) is 26500. The molecule has 0 aliphatic rings. The van der Waals surface area contributed by atoms with E-state index < -0.39 is 0 Å². The van der Waals surface area contributed by atoms with Gasteiger partial charge in [0.2, 0.25) is 0 Å². The molecule has 0 radical (unpaired) electrons. The van der Waals surface area contributed by atoms with E-state index in [-0.39, 0.29) is 24.8 Å². The lowest BCUT2D eigenvalue weighted by atomic mass is 11.0. The quantitative estimate of drug-likeness (QED) is 0.439. The predicted octanol–water partition coefficient (Wildman–Crippen LogP) is 2.12. The molecule has 0 saturated heterocycles. The molecule has 0 heterocycles. The molecule has 0 fully saturated rings. The smallest absolute Gasteiger partial charge is 0.0683 e. The van der Waals surface area contributed by atoms with Crippen molar-refractivity contribution in [3.8, 4) is 12.8 Å². The van der Waals surface area contributed by atoms with Crippen LogP contribution in [0.15, 0.2) is 0 Å². The van der Waals surface area contributed by atoms with Gasteiger partial charge in [0.05, 0.1) is 0 Å². The average molecular weight is 129 g/mol. The Hall–Kier alpha value is 0.140. The largest absolute Gasteiger partial charge is 0.147 e. The molecule has 0 spiro atoms. The van der Waals surface area contributed by atoms with Crippen LogP contribution in [0.25, 0.3) is 0 Å². The molecule has 0 aromatic carbocycles. The van der Waals surface area contributed by atoms with Gasteiger partial charge in [0, 0.05) is 0 Å². The Bertz CT molecular complexity index is 10.3. The van der Waals surface area contributed by atoms with Crippen LogP contribution in [0, 0.1) is 12.8 Å². The average Bonchev–Trinajstić information content (AvgIpc) is 1.50. The molecule has 0 rings (SSSR count). The zero-order valence-electron chi connectivity index (χ0n) is 3.97. The Morgan fingerprint density at radius 2 is 0.833 bits per heavy atom. The molecule has 0 saturated carbocycles. The van der Waals surface area contributed by atoms with E-state index in [1.54, 1.807) is 0 Å². The van der Waals surface area contributed by atoms with Gasteiger partial charge in [-0.15, -0.1) is 37.7 Å². The summed E-state index contributed by atoms with van der Waals surface area (Å²) in [6, 6.07) is 0. The van der Waals surface area contributed by atoms with Crippen molar-refractivity contribution in [2.24, 2.45) is 0 Å². The first kappa shape index (κ1) is 35.4. The SMILES string of the molecule is C#C.CC.Cl.Cl. The highest BCUT2D eigenvalue weighted by molar-refractivity contribution is 5.85. The molecule has 0 bridgehead atoms. The van der Waals surface area contributed by atoms with Crippen molar-refractivity contribution in [3.05, 3.63) is 0 Å². The van der Waals surface area contributed by atoms with E-state index in [2.05, 4.69) is 12.8 Å². The summed E-state index contributed by atoms with van der Waals surface area (Å²) < 4.78 is 0. The molecule has 0 unspecified atom stereocenters.